The van der Waals surface area contributed by atoms with Crippen molar-refractivity contribution in [2.75, 3.05) is 5.32 Å². The van der Waals surface area contributed by atoms with Crippen LogP contribution in [0.25, 0.3) is 10.9 Å². The van der Waals surface area contributed by atoms with Gasteiger partial charge in [-0.15, -0.1) is 0 Å². The molecule has 150 valence electrons. The van der Waals surface area contributed by atoms with Gasteiger partial charge in [-0.3, -0.25) is 19.4 Å². The molecule has 0 unspecified atom stereocenters. The second kappa shape index (κ2) is 7.71. The molecule has 1 aliphatic rings. The van der Waals surface area contributed by atoms with Crippen molar-refractivity contribution in [1.29, 1.82) is 0 Å². The Morgan fingerprint density at radius 3 is 2.90 bits per heavy atom. The van der Waals surface area contributed by atoms with E-state index in [1.165, 1.54) is 0 Å². The van der Waals surface area contributed by atoms with Gasteiger partial charge in [-0.05, 0) is 62.4 Å². The number of carbonyl (C=O) groups excluding carboxylic acids is 1. The minimum Gasteiger partial charge on any atom is -0.305 e. The largest absolute Gasteiger partial charge is 0.305 e. The fourth-order valence-electron chi connectivity index (χ4n) is 4.15. The quantitative estimate of drug-likeness (QED) is 0.557. The summed E-state index contributed by atoms with van der Waals surface area (Å²) in [6.07, 6.45) is 7.65. The Morgan fingerprint density at radius 1 is 1.13 bits per heavy atom. The van der Waals surface area contributed by atoms with Gasteiger partial charge in [-0.25, -0.2) is 0 Å². The molecule has 5 rings (SSSR count). The minimum absolute atomic E-state index is 0.116. The predicted molar refractivity (Wildman–Crippen MR) is 117 cm³/mol. The Hall–Kier alpha value is -3.54. The van der Waals surface area contributed by atoms with E-state index in [2.05, 4.69) is 21.5 Å². The van der Waals surface area contributed by atoms with E-state index in [1.807, 2.05) is 49.5 Å². The lowest BCUT2D eigenvalue weighted by Gasteiger charge is -2.20. The number of hydrogen-bond donors (Lipinski definition) is 1. The number of hydrogen-bond acceptors (Lipinski definition) is 4. The van der Waals surface area contributed by atoms with Gasteiger partial charge in [0.1, 0.15) is 0 Å². The predicted octanol–water partition coefficient (Wildman–Crippen LogP) is 4.31. The van der Waals surface area contributed by atoms with Gasteiger partial charge in [0.15, 0.2) is 5.82 Å². The molecule has 0 fully saturated rings. The first-order valence-electron chi connectivity index (χ1n) is 10.3. The van der Waals surface area contributed by atoms with Crippen LogP contribution in [-0.2, 0) is 19.4 Å². The topological polar surface area (TPSA) is 72.7 Å². The molecule has 0 bridgehead atoms. The van der Waals surface area contributed by atoms with Crippen molar-refractivity contribution in [3.8, 4) is 0 Å². The molecule has 30 heavy (non-hydrogen) atoms. The average Bonchev–Trinajstić information content (AvgIpc) is 3.19. The third-order valence-electron chi connectivity index (χ3n) is 5.58. The Balaban J connectivity index is 1.47. The molecule has 3 aromatic heterocycles. The maximum atomic E-state index is 13.4. The third-order valence-corrected chi connectivity index (χ3v) is 5.58. The molecule has 3 heterocycles. The van der Waals surface area contributed by atoms with Gasteiger partial charge in [0.2, 0.25) is 0 Å². The van der Waals surface area contributed by atoms with Crippen molar-refractivity contribution in [2.24, 2.45) is 0 Å². The standard InChI is InChI=1S/C24H23N5O/c1-16-9-10-21-19(14-16)23(18-7-2-3-8-20(18)26-21)24(30)27-22-11-13-29(28-22)15-17-6-4-5-12-25-17/h4-6,9-14H,2-3,7-8,15H2,1H3,(H,27,28,30). The summed E-state index contributed by atoms with van der Waals surface area (Å²) >= 11 is 0. The zero-order valence-electron chi connectivity index (χ0n) is 16.9. The highest BCUT2D eigenvalue weighted by molar-refractivity contribution is 6.13. The second-order valence-corrected chi connectivity index (χ2v) is 7.81. The lowest BCUT2D eigenvalue weighted by molar-refractivity contribution is 0.102. The molecule has 0 atom stereocenters. The highest BCUT2D eigenvalue weighted by Gasteiger charge is 2.23. The Kier molecular flexibility index (Phi) is 4.75. The number of nitrogens with one attached hydrogen (secondary N) is 1. The van der Waals surface area contributed by atoms with E-state index in [1.54, 1.807) is 10.9 Å². The first-order valence-corrected chi connectivity index (χ1v) is 10.3. The van der Waals surface area contributed by atoms with Crippen molar-refractivity contribution >= 4 is 22.6 Å². The fourth-order valence-corrected chi connectivity index (χ4v) is 4.15. The average molecular weight is 397 g/mol. The van der Waals surface area contributed by atoms with Gasteiger partial charge in [0.25, 0.3) is 5.91 Å². The molecule has 0 saturated heterocycles. The number of nitrogens with zero attached hydrogens (tertiary/aromatic N) is 4. The lowest BCUT2D eigenvalue weighted by Crippen LogP contribution is -2.19. The number of pyridine rings is 2. The van der Waals surface area contributed by atoms with Gasteiger partial charge in [0.05, 0.1) is 23.3 Å². The molecule has 6 nitrogen and oxygen atoms in total. The van der Waals surface area contributed by atoms with E-state index in [-0.39, 0.29) is 5.91 Å². The Morgan fingerprint density at radius 2 is 2.03 bits per heavy atom. The van der Waals surface area contributed by atoms with Crippen LogP contribution >= 0.6 is 0 Å². The fraction of sp³-hybridized carbons (Fsp3) is 0.250. The van der Waals surface area contributed by atoms with Gasteiger partial charge < -0.3 is 5.32 Å². The number of fused-ring (bicyclic) bond motifs is 2. The molecule has 4 aromatic rings. The van der Waals surface area contributed by atoms with E-state index in [9.17, 15) is 4.79 Å². The molecular weight excluding hydrogens is 374 g/mol. The zero-order valence-corrected chi connectivity index (χ0v) is 16.9. The Labute approximate surface area is 175 Å². The number of amides is 1. The molecule has 6 heteroatoms. The van der Waals surface area contributed by atoms with E-state index in [4.69, 9.17) is 4.98 Å². The van der Waals surface area contributed by atoms with Gasteiger partial charge in [-0.1, -0.05) is 17.7 Å². The summed E-state index contributed by atoms with van der Waals surface area (Å²) in [5.74, 6) is 0.423. The number of carbonyl (C=O) groups is 1. The molecule has 1 aliphatic carbocycles. The van der Waals surface area contributed by atoms with Crippen LogP contribution in [0.15, 0.2) is 54.9 Å². The molecule has 1 aromatic carbocycles. The maximum absolute atomic E-state index is 13.4. The van der Waals surface area contributed by atoms with Gasteiger partial charge in [0, 0.05) is 29.5 Å². The van der Waals surface area contributed by atoms with Crippen molar-refractivity contribution in [2.45, 2.75) is 39.2 Å². The summed E-state index contributed by atoms with van der Waals surface area (Å²) in [5.41, 5.74) is 5.81. The Bertz CT molecular complexity index is 1230. The van der Waals surface area contributed by atoms with E-state index in [0.29, 0.717) is 12.4 Å². The van der Waals surface area contributed by atoms with Crippen LogP contribution in [0.5, 0.6) is 0 Å². The first-order chi connectivity index (χ1) is 14.7. The van der Waals surface area contributed by atoms with Crippen molar-refractivity contribution in [1.82, 2.24) is 19.7 Å². The number of rotatable bonds is 4. The van der Waals surface area contributed by atoms with Crippen molar-refractivity contribution in [3.63, 3.8) is 0 Å². The zero-order chi connectivity index (χ0) is 20.5. The van der Waals surface area contributed by atoms with E-state index < -0.39 is 0 Å². The van der Waals surface area contributed by atoms with Crippen molar-refractivity contribution < 1.29 is 4.79 Å². The molecule has 1 N–H and O–H groups in total. The second-order valence-electron chi connectivity index (χ2n) is 7.81. The van der Waals surface area contributed by atoms with Crippen LogP contribution in [0.1, 0.15) is 45.7 Å². The minimum atomic E-state index is -0.116. The summed E-state index contributed by atoms with van der Waals surface area (Å²) in [5, 5.41) is 8.43. The molecule has 0 aliphatic heterocycles. The highest BCUT2D eigenvalue weighted by Crippen LogP contribution is 2.30. The number of aromatic nitrogens is 4. The molecule has 1 amide bonds. The SMILES string of the molecule is Cc1ccc2nc3c(c(C(=O)Nc4ccn(Cc5ccccn5)n4)c2c1)CCCC3. The monoisotopic (exact) mass is 397 g/mol. The summed E-state index contributed by atoms with van der Waals surface area (Å²) < 4.78 is 1.78. The molecular formula is C24H23N5O. The van der Waals surface area contributed by atoms with Crippen LogP contribution in [-0.4, -0.2) is 25.7 Å². The van der Waals surface area contributed by atoms with Crippen LogP contribution in [0.4, 0.5) is 5.82 Å². The van der Waals surface area contributed by atoms with E-state index >= 15 is 0 Å². The summed E-state index contributed by atoms with van der Waals surface area (Å²) in [4.78, 5) is 22.6. The third kappa shape index (κ3) is 3.56. The number of benzene rings is 1. The summed E-state index contributed by atoms with van der Waals surface area (Å²) in [7, 11) is 0. The smallest absolute Gasteiger partial charge is 0.257 e. The van der Waals surface area contributed by atoms with Gasteiger partial charge in [-0.2, -0.15) is 5.10 Å². The number of aryl methyl sites for hydroxylation is 2. The first kappa shape index (κ1) is 18.5. The lowest BCUT2D eigenvalue weighted by atomic mass is 9.89. The van der Waals surface area contributed by atoms with Crippen LogP contribution in [0, 0.1) is 6.92 Å². The summed E-state index contributed by atoms with van der Waals surface area (Å²) in [6, 6.07) is 13.7. The maximum Gasteiger partial charge on any atom is 0.257 e. The molecule has 0 saturated carbocycles. The van der Waals surface area contributed by atoms with E-state index in [0.717, 1.165) is 64.7 Å². The normalized spacial score (nSPS) is 13.2. The van der Waals surface area contributed by atoms with Crippen LogP contribution < -0.4 is 5.32 Å². The summed E-state index contributed by atoms with van der Waals surface area (Å²) in [6.45, 7) is 2.60. The molecule has 0 radical (unpaired) electrons. The van der Waals surface area contributed by atoms with Crippen LogP contribution in [0.3, 0.4) is 0 Å². The highest BCUT2D eigenvalue weighted by atomic mass is 16.1. The van der Waals surface area contributed by atoms with Crippen molar-refractivity contribution in [3.05, 3.63) is 82.9 Å². The number of anilines is 1. The van der Waals surface area contributed by atoms with Gasteiger partial charge >= 0.3 is 0 Å². The molecule has 0 spiro atoms. The van der Waals surface area contributed by atoms with Crippen LogP contribution in [0.2, 0.25) is 0 Å².